The summed E-state index contributed by atoms with van der Waals surface area (Å²) in [6.45, 7) is 0.475. The van der Waals surface area contributed by atoms with Crippen molar-refractivity contribution in [3.05, 3.63) is 29.1 Å². The first kappa shape index (κ1) is 11.4. The second-order valence-electron chi connectivity index (χ2n) is 3.48. The number of hydrogen-bond acceptors (Lipinski definition) is 4. The number of unbranched alkanes of at least 4 members (excludes halogenated alkanes) is 1. The van der Waals surface area contributed by atoms with Gasteiger partial charge in [0.25, 0.3) is 0 Å². The van der Waals surface area contributed by atoms with Crippen LogP contribution in [0.25, 0.3) is 10.1 Å². The predicted molar refractivity (Wildman–Crippen MR) is 66.9 cm³/mol. The van der Waals surface area contributed by atoms with E-state index in [4.69, 9.17) is 15.3 Å². The fraction of sp³-hybridized carbons (Fsp3) is 0.231. The van der Waals surface area contributed by atoms with Gasteiger partial charge < -0.3 is 4.74 Å². The Morgan fingerprint density at radius 3 is 2.82 bits per heavy atom. The zero-order valence-corrected chi connectivity index (χ0v) is 9.96. The quantitative estimate of drug-likeness (QED) is 0.771. The molecule has 0 aliphatic carbocycles. The third kappa shape index (κ3) is 2.38. The van der Waals surface area contributed by atoms with Gasteiger partial charge in [-0.05, 0) is 18.6 Å². The van der Waals surface area contributed by atoms with E-state index >= 15 is 0 Å². The molecule has 17 heavy (non-hydrogen) atoms. The number of benzene rings is 1. The number of thiophene rings is 1. The fourth-order valence-electron chi connectivity index (χ4n) is 1.56. The molecule has 0 atom stereocenters. The predicted octanol–water partition coefficient (Wildman–Crippen LogP) is 3.46. The van der Waals surface area contributed by atoms with E-state index in [2.05, 4.69) is 12.1 Å². The summed E-state index contributed by atoms with van der Waals surface area (Å²) in [5, 5.41) is 18.5. The zero-order valence-electron chi connectivity index (χ0n) is 9.14. The van der Waals surface area contributed by atoms with Crippen LogP contribution in [0.15, 0.2) is 24.3 Å². The van der Waals surface area contributed by atoms with Crippen LogP contribution in [0.2, 0.25) is 0 Å². The molecule has 3 nitrogen and oxygen atoms in total. The van der Waals surface area contributed by atoms with Crippen LogP contribution in [-0.4, -0.2) is 6.61 Å². The number of rotatable bonds is 4. The Hall–Kier alpha value is -2.04. The van der Waals surface area contributed by atoms with Gasteiger partial charge in [-0.1, -0.05) is 12.1 Å². The average molecular weight is 242 g/mol. The van der Waals surface area contributed by atoms with Crippen molar-refractivity contribution < 1.29 is 4.74 Å². The molecule has 84 valence electrons. The molecular weight excluding hydrogens is 232 g/mol. The minimum absolute atomic E-state index is 0.475. The first-order valence-corrected chi connectivity index (χ1v) is 6.10. The van der Waals surface area contributed by atoms with Crippen molar-refractivity contribution >= 4 is 21.4 Å². The molecular formula is C13H10N2OS. The maximum atomic E-state index is 9.05. The molecule has 0 aliphatic rings. The van der Waals surface area contributed by atoms with Crippen molar-refractivity contribution in [3.8, 4) is 17.9 Å². The summed E-state index contributed by atoms with van der Waals surface area (Å²) in [4.78, 5) is 0.600. The lowest BCUT2D eigenvalue weighted by Crippen LogP contribution is -1.97. The van der Waals surface area contributed by atoms with Crippen LogP contribution in [0.5, 0.6) is 5.75 Å². The molecule has 0 saturated carbocycles. The van der Waals surface area contributed by atoms with Gasteiger partial charge in [-0.2, -0.15) is 10.5 Å². The number of hydrogen-bond donors (Lipinski definition) is 0. The maximum Gasteiger partial charge on any atom is 0.155 e. The molecule has 0 aliphatic heterocycles. The largest absolute Gasteiger partial charge is 0.491 e. The van der Waals surface area contributed by atoms with Crippen LogP contribution >= 0.6 is 11.3 Å². The zero-order chi connectivity index (χ0) is 12.1. The number of ether oxygens (including phenoxy) is 1. The Morgan fingerprint density at radius 2 is 2.06 bits per heavy atom. The first-order chi connectivity index (χ1) is 8.36. The Balaban J connectivity index is 2.26. The second kappa shape index (κ2) is 5.34. The normalized spacial score (nSPS) is 9.76. The monoisotopic (exact) mass is 242 g/mol. The highest BCUT2D eigenvalue weighted by molar-refractivity contribution is 7.20. The number of nitriles is 2. The van der Waals surface area contributed by atoms with E-state index in [-0.39, 0.29) is 0 Å². The van der Waals surface area contributed by atoms with Gasteiger partial charge in [-0.15, -0.1) is 11.3 Å². The number of nitrogens with zero attached hydrogens (tertiary/aromatic N) is 2. The third-order valence-corrected chi connectivity index (χ3v) is 3.39. The summed E-state index contributed by atoms with van der Waals surface area (Å²) >= 11 is 1.44. The van der Waals surface area contributed by atoms with Crippen molar-refractivity contribution in [2.45, 2.75) is 12.8 Å². The molecule has 0 amide bonds. The smallest absolute Gasteiger partial charge is 0.155 e. The molecule has 2 rings (SSSR count). The summed E-state index contributed by atoms with van der Waals surface area (Å²) < 4.78 is 6.68. The van der Waals surface area contributed by atoms with Crippen molar-refractivity contribution in [1.82, 2.24) is 0 Å². The van der Waals surface area contributed by atoms with Gasteiger partial charge in [-0.25, -0.2) is 0 Å². The van der Waals surface area contributed by atoms with Crippen molar-refractivity contribution in [2.24, 2.45) is 0 Å². The SMILES string of the molecule is N#CCCCOc1c(C#N)sc2ccccc12. The molecule has 1 aromatic carbocycles. The molecule has 0 fully saturated rings. The van der Waals surface area contributed by atoms with E-state index in [1.807, 2.05) is 24.3 Å². The maximum absolute atomic E-state index is 9.05. The molecule has 4 heteroatoms. The van der Waals surface area contributed by atoms with Crippen LogP contribution in [0, 0.1) is 22.7 Å². The van der Waals surface area contributed by atoms with Crippen LogP contribution in [0.4, 0.5) is 0 Å². The van der Waals surface area contributed by atoms with Gasteiger partial charge in [-0.3, -0.25) is 0 Å². The molecule has 0 radical (unpaired) electrons. The highest BCUT2D eigenvalue weighted by Gasteiger charge is 2.12. The summed E-state index contributed by atoms with van der Waals surface area (Å²) in [7, 11) is 0. The van der Waals surface area contributed by atoms with E-state index in [0.717, 1.165) is 10.1 Å². The molecule has 1 heterocycles. The lowest BCUT2D eigenvalue weighted by atomic mass is 10.2. The summed E-state index contributed by atoms with van der Waals surface area (Å²) in [6, 6.07) is 12.0. The fourth-order valence-corrected chi connectivity index (χ4v) is 2.51. The van der Waals surface area contributed by atoms with Crippen LogP contribution < -0.4 is 4.74 Å². The Bertz CT molecular complexity index is 604. The standard InChI is InChI=1S/C13H10N2OS/c14-7-3-4-8-16-13-10-5-1-2-6-11(10)17-12(13)9-15/h1-2,5-6H,3-4,8H2. The van der Waals surface area contributed by atoms with Crippen LogP contribution in [0.1, 0.15) is 17.7 Å². The summed E-state index contributed by atoms with van der Waals surface area (Å²) in [5.74, 6) is 0.658. The van der Waals surface area contributed by atoms with Gasteiger partial charge in [0.2, 0.25) is 0 Å². The highest BCUT2D eigenvalue weighted by Crippen LogP contribution is 2.37. The minimum Gasteiger partial charge on any atom is -0.491 e. The molecule has 1 aromatic heterocycles. The van der Waals surface area contributed by atoms with Crippen LogP contribution in [-0.2, 0) is 0 Å². The number of fused-ring (bicyclic) bond motifs is 1. The summed E-state index contributed by atoms with van der Waals surface area (Å²) in [5.41, 5.74) is 0. The van der Waals surface area contributed by atoms with Gasteiger partial charge in [0.1, 0.15) is 10.9 Å². The lowest BCUT2D eigenvalue weighted by Gasteiger charge is -2.03. The molecule has 0 bridgehead atoms. The van der Waals surface area contributed by atoms with Crippen molar-refractivity contribution in [2.75, 3.05) is 6.61 Å². The van der Waals surface area contributed by atoms with E-state index in [0.29, 0.717) is 30.1 Å². The average Bonchev–Trinajstić information content (AvgIpc) is 2.73. The van der Waals surface area contributed by atoms with E-state index in [1.54, 1.807) is 0 Å². The summed E-state index contributed by atoms with van der Waals surface area (Å²) in [6.07, 6.45) is 1.16. The topological polar surface area (TPSA) is 56.8 Å². The van der Waals surface area contributed by atoms with Gasteiger partial charge in [0.15, 0.2) is 5.75 Å². The second-order valence-corrected chi connectivity index (χ2v) is 4.53. The Kier molecular flexibility index (Phi) is 3.59. The minimum atomic E-state index is 0.475. The van der Waals surface area contributed by atoms with E-state index in [1.165, 1.54) is 11.3 Å². The highest BCUT2D eigenvalue weighted by atomic mass is 32.1. The Labute approximate surface area is 103 Å². The van der Waals surface area contributed by atoms with Gasteiger partial charge >= 0.3 is 0 Å². The third-order valence-electron chi connectivity index (χ3n) is 2.33. The molecule has 0 N–H and O–H groups in total. The molecule has 0 spiro atoms. The Morgan fingerprint density at radius 1 is 1.24 bits per heavy atom. The molecule has 2 aromatic rings. The van der Waals surface area contributed by atoms with Crippen molar-refractivity contribution in [1.29, 1.82) is 10.5 Å². The van der Waals surface area contributed by atoms with Gasteiger partial charge in [0.05, 0.1) is 12.7 Å². The van der Waals surface area contributed by atoms with E-state index in [9.17, 15) is 0 Å². The van der Waals surface area contributed by atoms with Gasteiger partial charge in [0, 0.05) is 16.5 Å². The van der Waals surface area contributed by atoms with E-state index < -0.39 is 0 Å². The van der Waals surface area contributed by atoms with Crippen LogP contribution in [0.3, 0.4) is 0 Å². The lowest BCUT2D eigenvalue weighted by molar-refractivity contribution is 0.316. The first-order valence-electron chi connectivity index (χ1n) is 5.28. The van der Waals surface area contributed by atoms with Crippen molar-refractivity contribution in [3.63, 3.8) is 0 Å². The molecule has 0 saturated heterocycles. The molecule has 0 unspecified atom stereocenters.